The van der Waals surface area contributed by atoms with Crippen LogP contribution in [0.2, 0.25) is 0 Å². The summed E-state index contributed by atoms with van der Waals surface area (Å²) >= 11 is 0. The summed E-state index contributed by atoms with van der Waals surface area (Å²) in [5.41, 5.74) is 2.01. The van der Waals surface area contributed by atoms with Crippen LogP contribution in [0.3, 0.4) is 0 Å². The van der Waals surface area contributed by atoms with Gasteiger partial charge in [0.25, 0.3) is 0 Å². The molecule has 0 bridgehead atoms. The van der Waals surface area contributed by atoms with Crippen LogP contribution in [-0.2, 0) is 11.3 Å². The summed E-state index contributed by atoms with van der Waals surface area (Å²) < 4.78 is 2.04. The Morgan fingerprint density at radius 2 is 1.91 bits per heavy atom. The lowest BCUT2D eigenvalue weighted by molar-refractivity contribution is -0.133. The molecule has 0 unspecified atom stereocenters. The third-order valence-electron chi connectivity index (χ3n) is 5.08. The van der Waals surface area contributed by atoms with Gasteiger partial charge in [0.15, 0.2) is 0 Å². The summed E-state index contributed by atoms with van der Waals surface area (Å²) in [7, 11) is 0. The Balaban J connectivity index is 1.40. The first-order valence-electron chi connectivity index (χ1n) is 8.63. The monoisotopic (exact) mass is 312 g/mol. The molecule has 1 aromatic heterocycles. The molecular formula is C18H24N4O. The maximum absolute atomic E-state index is 12.7. The lowest BCUT2D eigenvalue weighted by atomic mass is 10.2. The number of hydrogen-bond donors (Lipinski definition) is 0. The van der Waals surface area contributed by atoms with E-state index in [1.54, 1.807) is 0 Å². The number of nitrogens with zero attached hydrogens (tertiary/aromatic N) is 4. The van der Waals surface area contributed by atoms with E-state index >= 15 is 0 Å². The first kappa shape index (κ1) is 14.7. The zero-order chi connectivity index (χ0) is 15.8. The van der Waals surface area contributed by atoms with Crippen molar-refractivity contribution in [3.8, 4) is 0 Å². The van der Waals surface area contributed by atoms with Crippen molar-refractivity contribution in [2.45, 2.75) is 26.3 Å². The van der Waals surface area contributed by atoms with Gasteiger partial charge in [-0.05, 0) is 37.8 Å². The van der Waals surface area contributed by atoms with Crippen LogP contribution in [0.5, 0.6) is 0 Å². The van der Waals surface area contributed by atoms with E-state index in [4.69, 9.17) is 0 Å². The zero-order valence-electron chi connectivity index (χ0n) is 13.7. The second-order valence-electron chi connectivity index (χ2n) is 6.86. The Bertz CT molecular complexity index is 711. The number of amides is 1. The average molecular weight is 312 g/mol. The van der Waals surface area contributed by atoms with Crippen molar-refractivity contribution in [1.29, 1.82) is 0 Å². The number of fused-ring (bicyclic) bond motifs is 1. The van der Waals surface area contributed by atoms with Crippen molar-refractivity contribution in [2.75, 3.05) is 32.7 Å². The van der Waals surface area contributed by atoms with E-state index in [-0.39, 0.29) is 5.91 Å². The van der Waals surface area contributed by atoms with Crippen molar-refractivity contribution in [3.05, 3.63) is 30.1 Å². The first-order chi connectivity index (χ1) is 11.2. The first-order valence-corrected chi connectivity index (χ1v) is 8.63. The predicted octanol–water partition coefficient (Wildman–Crippen LogP) is 1.90. The third kappa shape index (κ3) is 3.11. The van der Waals surface area contributed by atoms with Crippen molar-refractivity contribution in [3.63, 3.8) is 0 Å². The molecule has 122 valence electrons. The second kappa shape index (κ2) is 5.96. The van der Waals surface area contributed by atoms with Gasteiger partial charge in [0.1, 0.15) is 12.4 Å². The summed E-state index contributed by atoms with van der Waals surface area (Å²) in [5, 5.41) is 0. The van der Waals surface area contributed by atoms with Gasteiger partial charge in [-0.25, -0.2) is 4.98 Å². The topological polar surface area (TPSA) is 41.4 Å². The van der Waals surface area contributed by atoms with Gasteiger partial charge in [0.05, 0.1) is 11.0 Å². The fraction of sp³-hybridized carbons (Fsp3) is 0.556. The molecule has 2 heterocycles. The quantitative estimate of drug-likeness (QED) is 0.866. The highest BCUT2D eigenvalue weighted by atomic mass is 16.2. The van der Waals surface area contributed by atoms with Crippen LogP contribution in [0.25, 0.3) is 11.0 Å². The highest BCUT2D eigenvalue weighted by molar-refractivity contribution is 5.81. The molecule has 1 aromatic carbocycles. The Kier molecular flexibility index (Phi) is 3.81. The molecule has 1 saturated carbocycles. The SMILES string of the molecule is Cc1nc2ccccc2n1CC(=O)N1CCN(CC2CC2)CC1. The van der Waals surface area contributed by atoms with Crippen LogP contribution in [0.1, 0.15) is 18.7 Å². The molecule has 23 heavy (non-hydrogen) atoms. The molecule has 0 atom stereocenters. The summed E-state index contributed by atoms with van der Waals surface area (Å²) in [6, 6.07) is 8.03. The summed E-state index contributed by atoms with van der Waals surface area (Å²) in [4.78, 5) is 21.7. The molecule has 1 aliphatic carbocycles. The third-order valence-corrected chi connectivity index (χ3v) is 5.08. The number of hydrogen-bond acceptors (Lipinski definition) is 3. The minimum Gasteiger partial charge on any atom is -0.339 e. The molecule has 2 aromatic rings. The molecule has 0 radical (unpaired) electrons. The van der Waals surface area contributed by atoms with Gasteiger partial charge in [-0.15, -0.1) is 0 Å². The largest absolute Gasteiger partial charge is 0.339 e. The van der Waals surface area contributed by atoms with Crippen LogP contribution < -0.4 is 0 Å². The maximum Gasteiger partial charge on any atom is 0.242 e. The molecule has 2 fully saturated rings. The Morgan fingerprint density at radius 1 is 1.17 bits per heavy atom. The molecular weight excluding hydrogens is 288 g/mol. The van der Waals surface area contributed by atoms with Crippen LogP contribution >= 0.6 is 0 Å². The second-order valence-corrected chi connectivity index (χ2v) is 6.86. The number of rotatable bonds is 4. The van der Waals surface area contributed by atoms with Gasteiger partial charge in [-0.2, -0.15) is 0 Å². The highest BCUT2D eigenvalue weighted by Gasteiger charge is 2.27. The van der Waals surface area contributed by atoms with Gasteiger partial charge >= 0.3 is 0 Å². The molecule has 5 nitrogen and oxygen atoms in total. The smallest absolute Gasteiger partial charge is 0.242 e. The summed E-state index contributed by atoms with van der Waals surface area (Å²) in [5.74, 6) is 2.05. The number of imidazole rings is 1. The maximum atomic E-state index is 12.7. The molecule has 1 saturated heterocycles. The Morgan fingerprint density at radius 3 is 2.65 bits per heavy atom. The van der Waals surface area contributed by atoms with Crippen LogP contribution in [-0.4, -0.2) is 58.0 Å². The van der Waals surface area contributed by atoms with Crippen LogP contribution in [0.4, 0.5) is 0 Å². The lowest BCUT2D eigenvalue weighted by Gasteiger charge is -2.35. The van der Waals surface area contributed by atoms with E-state index in [1.165, 1.54) is 19.4 Å². The van der Waals surface area contributed by atoms with E-state index in [9.17, 15) is 4.79 Å². The number of piperazine rings is 1. The van der Waals surface area contributed by atoms with Crippen molar-refractivity contribution in [2.24, 2.45) is 5.92 Å². The summed E-state index contributed by atoms with van der Waals surface area (Å²) in [6.45, 7) is 7.36. The average Bonchev–Trinajstić information content (AvgIpc) is 3.32. The summed E-state index contributed by atoms with van der Waals surface area (Å²) in [6.07, 6.45) is 2.79. The number of para-hydroxylation sites is 2. The van der Waals surface area contributed by atoms with Crippen molar-refractivity contribution < 1.29 is 4.79 Å². The number of aromatic nitrogens is 2. The molecule has 4 rings (SSSR count). The normalized spacial score (nSPS) is 19.4. The predicted molar refractivity (Wildman–Crippen MR) is 90.2 cm³/mol. The fourth-order valence-electron chi connectivity index (χ4n) is 3.48. The highest BCUT2D eigenvalue weighted by Crippen LogP contribution is 2.29. The van der Waals surface area contributed by atoms with Gasteiger partial charge in [0, 0.05) is 32.7 Å². The molecule has 0 spiro atoms. The zero-order valence-corrected chi connectivity index (χ0v) is 13.7. The molecule has 0 N–H and O–H groups in total. The number of carbonyl (C=O) groups excluding carboxylic acids is 1. The number of aryl methyl sites for hydroxylation is 1. The van der Waals surface area contributed by atoms with Crippen LogP contribution in [0.15, 0.2) is 24.3 Å². The minimum atomic E-state index is 0.210. The molecule has 2 aliphatic rings. The lowest BCUT2D eigenvalue weighted by Crippen LogP contribution is -2.49. The van der Waals surface area contributed by atoms with Gasteiger partial charge in [-0.1, -0.05) is 12.1 Å². The Hall–Kier alpha value is -1.88. The van der Waals surface area contributed by atoms with E-state index in [2.05, 4.69) is 9.88 Å². The molecule has 1 aliphatic heterocycles. The van der Waals surface area contributed by atoms with E-state index in [1.807, 2.05) is 40.7 Å². The van der Waals surface area contributed by atoms with E-state index in [0.717, 1.165) is 49.0 Å². The number of benzene rings is 1. The fourth-order valence-corrected chi connectivity index (χ4v) is 3.48. The number of carbonyl (C=O) groups is 1. The van der Waals surface area contributed by atoms with Crippen LogP contribution in [0, 0.1) is 12.8 Å². The molecule has 5 heteroatoms. The Labute approximate surface area is 136 Å². The standard InChI is InChI=1S/C18H24N4O/c1-14-19-16-4-2-3-5-17(16)22(14)13-18(23)21-10-8-20(9-11-21)12-15-6-7-15/h2-5,15H,6-13H2,1H3. The van der Waals surface area contributed by atoms with Crippen molar-refractivity contribution in [1.82, 2.24) is 19.4 Å². The minimum absolute atomic E-state index is 0.210. The van der Waals surface area contributed by atoms with Gasteiger partial charge < -0.3 is 9.47 Å². The van der Waals surface area contributed by atoms with Gasteiger partial charge in [-0.3, -0.25) is 9.69 Å². The van der Waals surface area contributed by atoms with Crippen molar-refractivity contribution >= 4 is 16.9 Å². The van der Waals surface area contributed by atoms with E-state index in [0.29, 0.717) is 6.54 Å². The van der Waals surface area contributed by atoms with E-state index < -0.39 is 0 Å². The van der Waals surface area contributed by atoms with Gasteiger partial charge in [0.2, 0.25) is 5.91 Å². The molecule has 1 amide bonds.